The van der Waals surface area contributed by atoms with E-state index in [9.17, 15) is 14.0 Å². The number of amides is 2. The van der Waals surface area contributed by atoms with Crippen molar-refractivity contribution in [3.05, 3.63) is 58.7 Å². The molecule has 0 radical (unpaired) electrons. The Labute approximate surface area is 191 Å². The highest BCUT2D eigenvalue weighted by atomic mass is 19.1. The quantitative estimate of drug-likeness (QED) is 0.655. The summed E-state index contributed by atoms with van der Waals surface area (Å²) < 4.78 is 27.6. The number of halogens is 1. The molecule has 1 fully saturated rings. The summed E-state index contributed by atoms with van der Waals surface area (Å²) in [5, 5.41) is 2.46. The molecular weight excluding hydrogens is 427 g/mol. The molecular formula is C24H27FN4O4. The highest BCUT2D eigenvalue weighted by Gasteiger charge is 2.28. The summed E-state index contributed by atoms with van der Waals surface area (Å²) in [5.41, 5.74) is 4.58. The highest BCUT2D eigenvalue weighted by Crippen LogP contribution is 2.31. The van der Waals surface area contributed by atoms with Crippen LogP contribution in [0.5, 0.6) is 0 Å². The third kappa shape index (κ3) is 4.41. The molecule has 8 nitrogen and oxygen atoms in total. The van der Waals surface area contributed by atoms with Crippen molar-refractivity contribution in [3.63, 3.8) is 0 Å². The Morgan fingerprint density at radius 1 is 1.30 bits per heavy atom. The van der Waals surface area contributed by atoms with E-state index in [1.165, 1.54) is 20.2 Å². The number of aromatic nitrogens is 2. The first-order valence-electron chi connectivity index (χ1n) is 10.8. The summed E-state index contributed by atoms with van der Waals surface area (Å²) in [5.74, 6) is -1.09. The van der Waals surface area contributed by atoms with Gasteiger partial charge in [-0.1, -0.05) is 0 Å². The van der Waals surface area contributed by atoms with Crippen LogP contribution in [0.25, 0.3) is 16.9 Å². The van der Waals surface area contributed by atoms with Crippen LogP contribution in [0.15, 0.2) is 30.5 Å². The number of imidazole rings is 1. The van der Waals surface area contributed by atoms with Crippen LogP contribution >= 0.6 is 0 Å². The van der Waals surface area contributed by atoms with Gasteiger partial charge in [-0.3, -0.25) is 4.79 Å². The van der Waals surface area contributed by atoms with E-state index in [-0.39, 0.29) is 17.8 Å². The third-order valence-electron chi connectivity index (χ3n) is 5.91. The van der Waals surface area contributed by atoms with Crippen LogP contribution in [0.4, 0.5) is 9.18 Å². The number of methoxy groups -OCH3 is 1. The minimum atomic E-state index is -0.611. The van der Waals surface area contributed by atoms with E-state index in [0.29, 0.717) is 37.4 Å². The summed E-state index contributed by atoms with van der Waals surface area (Å²) in [6, 6.07) is 6.84. The molecule has 0 bridgehead atoms. The Balaban J connectivity index is 1.78. The summed E-state index contributed by atoms with van der Waals surface area (Å²) in [6.45, 7) is 5.06. The number of carbonyl (C=O) groups excluding carboxylic acids is 2. The monoisotopic (exact) mass is 454 g/mol. The molecule has 9 heteroatoms. The summed E-state index contributed by atoms with van der Waals surface area (Å²) in [6.07, 6.45) is 1.74. The lowest BCUT2D eigenvalue weighted by Gasteiger charge is -2.32. The summed E-state index contributed by atoms with van der Waals surface area (Å²) in [4.78, 5) is 30.5. The average molecular weight is 455 g/mol. The van der Waals surface area contributed by atoms with Crippen molar-refractivity contribution in [3.8, 4) is 11.3 Å². The summed E-state index contributed by atoms with van der Waals surface area (Å²) in [7, 11) is 2.83. The zero-order chi connectivity index (χ0) is 23.7. The lowest BCUT2D eigenvalue weighted by Crippen LogP contribution is -2.46. The molecule has 1 aromatic carbocycles. The van der Waals surface area contributed by atoms with Gasteiger partial charge in [-0.25, -0.2) is 14.2 Å². The van der Waals surface area contributed by atoms with Gasteiger partial charge in [-0.15, -0.1) is 0 Å². The number of ether oxygens (including phenoxy) is 2. The predicted octanol–water partition coefficient (Wildman–Crippen LogP) is 3.13. The van der Waals surface area contributed by atoms with E-state index in [4.69, 9.17) is 14.5 Å². The fourth-order valence-corrected chi connectivity index (χ4v) is 4.21. The van der Waals surface area contributed by atoms with Gasteiger partial charge in [0.05, 0.1) is 43.3 Å². The van der Waals surface area contributed by atoms with Crippen molar-refractivity contribution in [1.82, 2.24) is 19.6 Å². The number of pyridine rings is 1. The number of benzene rings is 1. The van der Waals surface area contributed by atoms with Crippen LogP contribution in [0, 0.1) is 19.7 Å². The maximum Gasteiger partial charge on any atom is 0.409 e. The number of aryl methyl sites for hydroxylation is 2. The molecule has 1 N–H and O–H groups in total. The molecule has 1 aliphatic heterocycles. The SMILES string of the molecule is CNC(=O)c1cc(C)c(-c2nc3cc(C)ccn3c2CC2CN(C(=O)OC)CCO2)cc1F. The summed E-state index contributed by atoms with van der Waals surface area (Å²) >= 11 is 0. The van der Waals surface area contributed by atoms with Gasteiger partial charge in [-0.05, 0) is 49.2 Å². The zero-order valence-electron chi connectivity index (χ0n) is 19.1. The zero-order valence-corrected chi connectivity index (χ0v) is 19.1. The van der Waals surface area contributed by atoms with Gasteiger partial charge in [0.25, 0.3) is 5.91 Å². The fourth-order valence-electron chi connectivity index (χ4n) is 4.21. The van der Waals surface area contributed by atoms with E-state index < -0.39 is 11.7 Å². The molecule has 0 aliphatic carbocycles. The number of rotatable bonds is 4. The van der Waals surface area contributed by atoms with E-state index in [1.807, 2.05) is 36.6 Å². The lowest BCUT2D eigenvalue weighted by molar-refractivity contribution is -0.0241. The van der Waals surface area contributed by atoms with E-state index >= 15 is 0 Å². The van der Waals surface area contributed by atoms with Crippen LogP contribution in [-0.4, -0.2) is 66.2 Å². The number of nitrogens with zero attached hydrogens (tertiary/aromatic N) is 3. The molecule has 2 aromatic heterocycles. The predicted molar refractivity (Wildman–Crippen MR) is 121 cm³/mol. The van der Waals surface area contributed by atoms with Gasteiger partial charge in [0.2, 0.25) is 0 Å². The second kappa shape index (κ2) is 9.19. The number of hydrogen-bond donors (Lipinski definition) is 1. The van der Waals surface area contributed by atoms with Gasteiger partial charge in [0.15, 0.2) is 0 Å². The van der Waals surface area contributed by atoms with E-state index in [2.05, 4.69) is 5.32 Å². The number of fused-ring (bicyclic) bond motifs is 1. The molecule has 0 saturated carbocycles. The van der Waals surface area contributed by atoms with Crippen LogP contribution in [0.2, 0.25) is 0 Å². The second-order valence-electron chi connectivity index (χ2n) is 8.18. The van der Waals surface area contributed by atoms with Gasteiger partial charge in [-0.2, -0.15) is 0 Å². The minimum absolute atomic E-state index is 0.00996. The largest absolute Gasteiger partial charge is 0.453 e. The molecule has 174 valence electrons. The molecule has 3 heterocycles. The Hall–Kier alpha value is -3.46. The van der Waals surface area contributed by atoms with E-state index in [0.717, 1.165) is 22.5 Å². The fraction of sp³-hybridized carbons (Fsp3) is 0.375. The van der Waals surface area contributed by atoms with Gasteiger partial charge >= 0.3 is 6.09 Å². The van der Waals surface area contributed by atoms with Crippen LogP contribution in [0.3, 0.4) is 0 Å². The Kier molecular flexibility index (Phi) is 6.33. The standard InChI is InChI=1S/C24H27FN4O4/c1-14-5-6-29-20(11-16-13-28(7-8-33-16)24(31)32-4)22(27-21(29)9-14)17-12-19(25)18(10-15(17)2)23(30)26-3/h5-6,9-10,12,16H,7-8,11,13H2,1-4H3,(H,26,30). The maximum atomic E-state index is 14.9. The first-order chi connectivity index (χ1) is 15.8. The molecule has 0 spiro atoms. The first-order valence-corrected chi connectivity index (χ1v) is 10.8. The van der Waals surface area contributed by atoms with Crippen molar-refractivity contribution >= 4 is 17.6 Å². The second-order valence-corrected chi connectivity index (χ2v) is 8.18. The van der Waals surface area contributed by atoms with Crippen molar-refractivity contribution in [1.29, 1.82) is 0 Å². The lowest BCUT2D eigenvalue weighted by atomic mass is 9.98. The minimum Gasteiger partial charge on any atom is -0.453 e. The molecule has 3 aromatic rings. The maximum absolute atomic E-state index is 14.9. The Morgan fingerprint density at radius 2 is 2.09 bits per heavy atom. The van der Waals surface area contributed by atoms with E-state index in [1.54, 1.807) is 11.0 Å². The smallest absolute Gasteiger partial charge is 0.409 e. The van der Waals surface area contributed by atoms with Gasteiger partial charge < -0.3 is 24.1 Å². The van der Waals surface area contributed by atoms with Crippen LogP contribution in [0.1, 0.15) is 27.2 Å². The first kappa shape index (κ1) is 22.7. The van der Waals surface area contributed by atoms with Crippen molar-refractivity contribution in [2.45, 2.75) is 26.4 Å². The topological polar surface area (TPSA) is 85.2 Å². The third-order valence-corrected chi connectivity index (χ3v) is 5.91. The van der Waals surface area contributed by atoms with Crippen LogP contribution in [-0.2, 0) is 15.9 Å². The molecule has 2 amide bonds. The van der Waals surface area contributed by atoms with Crippen molar-refractivity contribution in [2.75, 3.05) is 33.9 Å². The number of morpholine rings is 1. The molecule has 1 atom stereocenters. The number of carbonyl (C=O) groups is 2. The normalized spacial score (nSPS) is 16.2. The molecule has 4 rings (SSSR count). The highest BCUT2D eigenvalue weighted by molar-refractivity contribution is 5.95. The van der Waals surface area contributed by atoms with Crippen molar-refractivity contribution < 1.29 is 23.5 Å². The van der Waals surface area contributed by atoms with Gasteiger partial charge in [0.1, 0.15) is 11.5 Å². The molecule has 1 unspecified atom stereocenters. The molecule has 1 aliphatic rings. The van der Waals surface area contributed by atoms with Crippen LogP contribution < -0.4 is 5.32 Å². The molecule has 1 saturated heterocycles. The number of nitrogens with one attached hydrogen (secondary N) is 1. The van der Waals surface area contributed by atoms with Crippen molar-refractivity contribution in [2.24, 2.45) is 0 Å². The molecule has 33 heavy (non-hydrogen) atoms. The Bertz CT molecular complexity index is 1220. The Morgan fingerprint density at radius 3 is 2.82 bits per heavy atom. The number of hydrogen-bond acceptors (Lipinski definition) is 5. The van der Waals surface area contributed by atoms with Gasteiger partial charge in [0, 0.05) is 31.8 Å². The average Bonchev–Trinajstić information content (AvgIpc) is 3.16.